The van der Waals surface area contributed by atoms with Gasteiger partial charge in [0.15, 0.2) is 5.65 Å². The van der Waals surface area contributed by atoms with Crippen molar-refractivity contribution in [3.8, 4) is 0 Å². The van der Waals surface area contributed by atoms with Gasteiger partial charge in [0.05, 0.1) is 0 Å². The van der Waals surface area contributed by atoms with Crippen LogP contribution in [0.3, 0.4) is 0 Å². The van der Waals surface area contributed by atoms with Gasteiger partial charge in [-0.25, -0.2) is 9.97 Å². The van der Waals surface area contributed by atoms with Crippen LogP contribution in [0.1, 0.15) is 5.56 Å². The molecule has 0 unspecified atom stereocenters. The Morgan fingerprint density at radius 3 is 2.64 bits per heavy atom. The van der Waals surface area contributed by atoms with Crippen LogP contribution in [0.5, 0.6) is 0 Å². The molecule has 2 heterocycles. The summed E-state index contributed by atoms with van der Waals surface area (Å²) < 4.78 is 0. The van der Waals surface area contributed by atoms with Gasteiger partial charge >= 0.3 is 0 Å². The molecule has 0 saturated carbocycles. The van der Waals surface area contributed by atoms with Crippen molar-refractivity contribution in [2.75, 3.05) is 18.0 Å². The third kappa shape index (κ3) is 3.28. The maximum Gasteiger partial charge on any atom is 0.180 e. The van der Waals surface area contributed by atoms with Crippen molar-refractivity contribution >= 4 is 17.0 Å². The highest BCUT2D eigenvalue weighted by atomic mass is 15.2. The maximum absolute atomic E-state index is 4.61. The molecule has 0 spiro atoms. The first kappa shape index (κ1) is 14.2. The predicted molar refractivity (Wildman–Crippen MR) is 89.9 cm³/mol. The minimum Gasteiger partial charge on any atom is -0.353 e. The molecule has 0 N–H and O–H groups in total. The lowest BCUT2D eigenvalue weighted by molar-refractivity contribution is 0.822. The Morgan fingerprint density at radius 1 is 1.00 bits per heavy atom. The van der Waals surface area contributed by atoms with E-state index < -0.39 is 0 Å². The molecule has 0 aliphatic rings. The Morgan fingerprint density at radius 2 is 1.82 bits per heavy atom. The number of hydrogen-bond acceptors (Lipinski definition) is 4. The fourth-order valence-corrected chi connectivity index (χ4v) is 2.38. The van der Waals surface area contributed by atoms with Gasteiger partial charge in [-0.15, -0.1) is 6.58 Å². The van der Waals surface area contributed by atoms with Crippen molar-refractivity contribution < 1.29 is 0 Å². The molecule has 0 amide bonds. The van der Waals surface area contributed by atoms with E-state index in [1.807, 2.05) is 24.3 Å². The zero-order valence-electron chi connectivity index (χ0n) is 12.4. The number of hydrogen-bond donors (Lipinski definition) is 0. The number of aromatic nitrogens is 3. The molecule has 0 bridgehead atoms. The van der Waals surface area contributed by atoms with Crippen molar-refractivity contribution in [1.82, 2.24) is 15.0 Å². The third-order valence-corrected chi connectivity index (χ3v) is 3.50. The standard InChI is InChI=1S/C18H18N4/c1-2-13-22(14-10-15-6-4-3-5-7-15)17-9-8-16-18(21-17)20-12-11-19-16/h2-9,11-12H,1,10,13-14H2. The second kappa shape index (κ2) is 6.80. The second-order valence-electron chi connectivity index (χ2n) is 5.04. The van der Waals surface area contributed by atoms with E-state index in [0.717, 1.165) is 30.8 Å². The summed E-state index contributed by atoms with van der Waals surface area (Å²) in [6, 6.07) is 14.4. The number of pyridine rings is 1. The van der Waals surface area contributed by atoms with Gasteiger partial charge in [0, 0.05) is 25.5 Å². The maximum atomic E-state index is 4.61. The Bertz CT molecular complexity index is 755. The monoisotopic (exact) mass is 290 g/mol. The number of benzene rings is 1. The third-order valence-electron chi connectivity index (χ3n) is 3.50. The van der Waals surface area contributed by atoms with Gasteiger partial charge in [0.1, 0.15) is 11.3 Å². The first-order chi connectivity index (χ1) is 10.9. The topological polar surface area (TPSA) is 41.9 Å². The predicted octanol–water partition coefficient (Wildman–Crippen LogP) is 3.26. The highest BCUT2D eigenvalue weighted by Gasteiger charge is 2.08. The van der Waals surface area contributed by atoms with E-state index in [-0.39, 0.29) is 0 Å². The van der Waals surface area contributed by atoms with Gasteiger partial charge in [-0.1, -0.05) is 36.4 Å². The average Bonchev–Trinajstić information content (AvgIpc) is 2.59. The van der Waals surface area contributed by atoms with Gasteiger partial charge in [-0.05, 0) is 24.1 Å². The van der Waals surface area contributed by atoms with E-state index in [1.165, 1.54) is 5.56 Å². The summed E-state index contributed by atoms with van der Waals surface area (Å²) in [6.07, 6.45) is 6.21. The molecule has 2 aromatic heterocycles. The fraction of sp³-hybridized carbons (Fsp3) is 0.167. The zero-order chi connectivity index (χ0) is 15.2. The van der Waals surface area contributed by atoms with Crippen molar-refractivity contribution in [1.29, 1.82) is 0 Å². The number of rotatable bonds is 6. The summed E-state index contributed by atoms with van der Waals surface area (Å²) >= 11 is 0. The Labute approximate surface area is 130 Å². The molecule has 0 saturated heterocycles. The largest absolute Gasteiger partial charge is 0.353 e. The van der Waals surface area contributed by atoms with E-state index in [1.54, 1.807) is 12.4 Å². The number of fused-ring (bicyclic) bond motifs is 1. The first-order valence-electron chi connectivity index (χ1n) is 7.34. The summed E-state index contributed by atoms with van der Waals surface area (Å²) in [5, 5.41) is 0. The lowest BCUT2D eigenvalue weighted by atomic mass is 10.1. The molecular weight excluding hydrogens is 272 g/mol. The van der Waals surface area contributed by atoms with Crippen LogP contribution in [0, 0.1) is 0 Å². The lowest BCUT2D eigenvalue weighted by Crippen LogP contribution is -2.26. The first-order valence-corrected chi connectivity index (χ1v) is 7.34. The van der Waals surface area contributed by atoms with Gasteiger partial charge in [-0.3, -0.25) is 4.98 Å². The van der Waals surface area contributed by atoms with Gasteiger partial charge < -0.3 is 4.90 Å². The van der Waals surface area contributed by atoms with E-state index in [9.17, 15) is 0 Å². The van der Waals surface area contributed by atoms with Crippen LogP contribution in [-0.4, -0.2) is 28.0 Å². The minimum absolute atomic E-state index is 0.675. The van der Waals surface area contributed by atoms with Crippen LogP contribution in [0.4, 0.5) is 5.82 Å². The number of anilines is 1. The lowest BCUT2D eigenvalue weighted by Gasteiger charge is -2.22. The van der Waals surface area contributed by atoms with Crippen LogP contribution in [-0.2, 0) is 6.42 Å². The van der Waals surface area contributed by atoms with Crippen molar-refractivity contribution in [3.63, 3.8) is 0 Å². The van der Waals surface area contributed by atoms with E-state index in [4.69, 9.17) is 0 Å². The molecule has 0 radical (unpaired) electrons. The average molecular weight is 290 g/mol. The van der Waals surface area contributed by atoms with E-state index >= 15 is 0 Å². The van der Waals surface area contributed by atoms with Crippen LogP contribution >= 0.6 is 0 Å². The van der Waals surface area contributed by atoms with Gasteiger partial charge in [0.25, 0.3) is 0 Å². The van der Waals surface area contributed by atoms with Crippen LogP contribution in [0.15, 0.2) is 67.5 Å². The summed E-state index contributed by atoms with van der Waals surface area (Å²) in [5.74, 6) is 0.906. The SMILES string of the molecule is C=CCN(CCc1ccccc1)c1ccc2nccnc2n1. The summed E-state index contributed by atoms with van der Waals surface area (Å²) in [5.41, 5.74) is 2.80. The highest BCUT2D eigenvalue weighted by Crippen LogP contribution is 2.15. The van der Waals surface area contributed by atoms with Gasteiger partial charge in [-0.2, -0.15) is 0 Å². The molecular formula is C18H18N4. The molecule has 0 atom stereocenters. The molecule has 4 heteroatoms. The fourth-order valence-electron chi connectivity index (χ4n) is 2.38. The number of nitrogens with zero attached hydrogens (tertiary/aromatic N) is 4. The molecule has 4 nitrogen and oxygen atoms in total. The smallest absolute Gasteiger partial charge is 0.180 e. The minimum atomic E-state index is 0.675. The second-order valence-corrected chi connectivity index (χ2v) is 5.04. The zero-order valence-corrected chi connectivity index (χ0v) is 12.4. The molecule has 1 aromatic carbocycles. The van der Waals surface area contributed by atoms with Crippen molar-refractivity contribution in [2.45, 2.75) is 6.42 Å². The van der Waals surface area contributed by atoms with Crippen LogP contribution in [0.2, 0.25) is 0 Å². The van der Waals surface area contributed by atoms with E-state index in [2.05, 4.69) is 50.7 Å². The Hall–Kier alpha value is -2.75. The van der Waals surface area contributed by atoms with Crippen molar-refractivity contribution in [2.24, 2.45) is 0 Å². The Balaban J connectivity index is 1.80. The van der Waals surface area contributed by atoms with Crippen molar-refractivity contribution in [3.05, 3.63) is 73.1 Å². The van der Waals surface area contributed by atoms with Crippen LogP contribution < -0.4 is 4.90 Å². The van der Waals surface area contributed by atoms with E-state index in [0.29, 0.717) is 5.65 Å². The normalized spacial score (nSPS) is 10.5. The molecule has 3 aromatic rings. The molecule has 22 heavy (non-hydrogen) atoms. The summed E-state index contributed by atoms with van der Waals surface area (Å²) in [7, 11) is 0. The van der Waals surface area contributed by atoms with Gasteiger partial charge in [0.2, 0.25) is 0 Å². The molecule has 3 rings (SSSR count). The molecule has 0 aliphatic heterocycles. The molecule has 110 valence electrons. The summed E-state index contributed by atoms with van der Waals surface area (Å²) in [4.78, 5) is 15.3. The quantitative estimate of drug-likeness (QED) is 0.653. The molecule has 0 aliphatic carbocycles. The summed E-state index contributed by atoms with van der Waals surface area (Å²) in [6.45, 7) is 5.49. The Kier molecular flexibility index (Phi) is 4.39. The van der Waals surface area contributed by atoms with Crippen LogP contribution in [0.25, 0.3) is 11.2 Å². The molecule has 0 fully saturated rings. The highest BCUT2D eigenvalue weighted by molar-refractivity contribution is 5.71.